The molecule has 1 aliphatic heterocycles. The van der Waals surface area contributed by atoms with Gasteiger partial charge in [0.1, 0.15) is 12.1 Å². The van der Waals surface area contributed by atoms with E-state index in [1.54, 1.807) is 30.6 Å². The number of morpholine rings is 1. The summed E-state index contributed by atoms with van der Waals surface area (Å²) < 4.78 is 39.6. The first-order valence-corrected chi connectivity index (χ1v) is 12.4. The maximum absolute atomic E-state index is 12.7. The lowest BCUT2D eigenvalue weighted by Gasteiger charge is -2.26. The summed E-state index contributed by atoms with van der Waals surface area (Å²) >= 11 is 7.57. The third-order valence-corrected chi connectivity index (χ3v) is 7.67. The molecular weight excluding hydrogens is 460 g/mol. The van der Waals surface area contributed by atoms with E-state index in [1.807, 2.05) is 28.8 Å². The number of benzene rings is 2. The zero-order valence-electron chi connectivity index (χ0n) is 16.6. The smallest absolute Gasteiger partial charge is 0.243 e. The van der Waals surface area contributed by atoms with Gasteiger partial charge in [-0.1, -0.05) is 29.4 Å². The van der Waals surface area contributed by atoms with Crippen LogP contribution in [0.15, 0.2) is 64.9 Å². The number of hydrogen-bond donors (Lipinski definition) is 0. The van der Waals surface area contributed by atoms with E-state index in [4.69, 9.17) is 21.1 Å². The van der Waals surface area contributed by atoms with Crippen LogP contribution < -0.4 is 4.74 Å². The summed E-state index contributed by atoms with van der Waals surface area (Å²) in [5.74, 6) is 1.26. The molecule has 0 atom stereocenters. The van der Waals surface area contributed by atoms with Gasteiger partial charge < -0.3 is 9.47 Å². The summed E-state index contributed by atoms with van der Waals surface area (Å²) in [6, 6.07) is 14.0. The maximum atomic E-state index is 12.7. The predicted octanol–water partition coefficient (Wildman–Crippen LogP) is 3.11. The minimum atomic E-state index is -3.50. The molecule has 0 spiro atoms. The van der Waals surface area contributed by atoms with E-state index in [0.29, 0.717) is 49.4 Å². The average molecular weight is 481 g/mol. The van der Waals surface area contributed by atoms with Gasteiger partial charge in [-0.3, -0.25) is 4.57 Å². The highest BCUT2D eigenvalue weighted by atomic mass is 35.5. The standard InChI is InChI=1S/C20H21ClN4O4S2/c21-16-2-1-3-17(14-16)25-15-22-23-20(25)30-13-12-29-18-4-6-19(7-5-18)31(26,27)24-8-10-28-11-9-24/h1-7,14-15H,8-13H2. The van der Waals surface area contributed by atoms with Gasteiger partial charge in [-0.15, -0.1) is 10.2 Å². The van der Waals surface area contributed by atoms with Crippen LogP contribution in [0.5, 0.6) is 5.75 Å². The lowest BCUT2D eigenvalue weighted by molar-refractivity contribution is 0.0730. The van der Waals surface area contributed by atoms with Crippen molar-refractivity contribution in [2.24, 2.45) is 0 Å². The summed E-state index contributed by atoms with van der Waals surface area (Å²) in [5, 5.41) is 9.50. The van der Waals surface area contributed by atoms with Gasteiger partial charge in [0, 0.05) is 23.9 Å². The molecule has 11 heteroatoms. The summed E-state index contributed by atoms with van der Waals surface area (Å²) in [4.78, 5) is 0.255. The maximum Gasteiger partial charge on any atom is 0.243 e. The Morgan fingerprint density at radius 2 is 1.90 bits per heavy atom. The molecule has 0 aliphatic carbocycles. The second-order valence-corrected chi connectivity index (χ2v) is 10.1. The second-order valence-electron chi connectivity index (χ2n) is 6.65. The van der Waals surface area contributed by atoms with Crippen molar-refractivity contribution < 1.29 is 17.9 Å². The Hall–Kier alpha value is -2.11. The van der Waals surface area contributed by atoms with Crippen LogP contribution in [0.1, 0.15) is 0 Å². The first-order valence-electron chi connectivity index (χ1n) is 9.63. The molecule has 1 saturated heterocycles. The predicted molar refractivity (Wildman–Crippen MR) is 119 cm³/mol. The van der Waals surface area contributed by atoms with E-state index >= 15 is 0 Å². The lowest BCUT2D eigenvalue weighted by Crippen LogP contribution is -2.40. The van der Waals surface area contributed by atoms with Gasteiger partial charge in [-0.05, 0) is 42.5 Å². The summed E-state index contributed by atoms with van der Waals surface area (Å²) in [7, 11) is -3.50. The molecule has 0 bridgehead atoms. The van der Waals surface area contributed by atoms with Crippen molar-refractivity contribution in [2.45, 2.75) is 10.1 Å². The molecule has 164 valence electrons. The molecule has 0 radical (unpaired) electrons. The molecule has 2 aromatic carbocycles. The van der Waals surface area contributed by atoms with Gasteiger partial charge in [0.25, 0.3) is 0 Å². The van der Waals surface area contributed by atoms with Gasteiger partial charge >= 0.3 is 0 Å². The molecule has 2 heterocycles. The number of thioether (sulfide) groups is 1. The second kappa shape index (κ2) is 10.0. The van der Waals surface area contributed by atoms with E-state index in [2.05, 4.69) is 10.2 Å². The van der Waals surface area contributed by atoms with Crippen molar-refractivity contribution in [2.75, 3.05) is 38.7 Å². The molecule has 0 N–H and O–H groups in total. The van der Waals surface area contributed by atoms with Crippen LogP contribution in [0, 0.1) is 0 Å². The Kier molecular flexibility index (Phi) is 7.13. The van der Waals surface area contributed by atoms with Gasteiger partial charge in [0.2, 0.25) is 10.0 Å². The zero-order chi connectivity index (χ0) is 21.7. The highest BCUT2D eigenvalue weighted by molar-refractivity contribution is 7.99. The van der Waals surface area contributed by atoms with Gasteiger partial charge in [0.05, 0.1) is 30.4 Å². The molecule has 4 rings (SSSR count). The number of aromatic nitrogens is 3. The zero-order valence-corrected chi connectivity index (χ0v) is 18.9. The number of halogens is 1. The van der Waals surface area contributed by atoms with Crippen molar-refractivity contribution in [1.82, 2.24) is 19.1 Å². The largest absolute Gasteiger partial charge is 0.493 e. The van der Waals surface area contributed by atoms with Gasteiger partial charge in [-0.25, -0.2) is 8.42 Å². The SMILES string of the molecule is O=S(=O)(c1ccc(OCCSc2nncn2-c2cccc(Cl)c2)cc1)N1CCOCC1. The van der Waals surface area contributed by atoms with Gasteiger partial charge in [0.15, 0.2) is 5.16 Å². The number of sulfonamides is 1. The van der Waals surface area contributed by atoms with Crippen molar-refractivity contribution in [3.05, 3.63) is 59.9 Å². The van der Waals surface area contributed by atoms with Crippen molar-refractivity contribution in [3.8, 4) is 11.4 Å². The highest BCUT2D eigenvalue weighted by Gasteiger charge is 2.26. The molecule has 1 aliphatic rings. The molecule has 3 aromatic rings. The average Bonchev–Trinajstić information content (AvgIpc) is 3.26. The van der Waals surface area contributed by atoms with Crippen LogP contribution in [0.25, 0.3) is 5.69 Å². The quantitative estimate of drug-likeness (QED) is 0.361. The monoisotopic (exact) mass is 480 g/mol. The van der Waals surface area contributed by atoms with Crippen molar-refractivity contribution >= 4 is 33.4 Å². The van der Waals surface area contributed by atoms with E-state index in [-0.39, 0.29) is 4.90 Å². The molecule has 0 unspecified atom stereocenters. The normalized spacial score (nSPS) is 15.1. The molecule has 0 saturated carbocycles. The first kappa shape index (κ1) is 22.1. The minimum absolute atomic E-state index is 0.255. The third kappa shape index (κ3) is 5.39. The fraction of sp³-hybridized carbons (Fsp3) is 0.300. The fourth-order valence-electron chi connectivity index (χ4n) is 3.06. The van der Waals surface area contributed by atoms with Crippen LogP contribution in [0.4, 0.5) is 0 Å². The molecule has 31 heavy (non-hydrogen) atoms. The van der Waals surface area contributed by atoms with Crippen molar-refractivity contribution in [3.63, 3.8) is 0 Å². The number of nitrogens with zero attached hydrogens (tertiary/aromatic N) is 4. The van der Waals surface area contributed by atoms with Crippen LogP contribution in [0.3, 0.4) is 0 Å². The molecule has 8 nitrogen and oxygen atoms in total. The Morgan fingerprint density at radius 1 is 1.13 bits per heavy atom. The minimum Gasteiger partial charge on any atom is -0.493 e. The molecular formula is C20H21ClN4O4S2. The number of hydrogen-bond acceptors (Lipinski definition) is 7. The van der Waals surface area contributed by atoms with E-state index < -0.39 is 10.0 Å². The number of ether oxygens (including phenoxy) is 2. The summed E-state index contributed by atoms with van der Waals surface area (Å²) in [6.45, 7) is 2.02. The fourth-order valence-corrected chi connectivity index (χ4v) is 5.40. The molecule has 1 fully saturated rings. The topological polar surface area (TPSA) is 86.6 Å². The van der Waals surface area contributed by atoms with Crippen molar-refractivity contribution in [1.29, 1.82) is 0 Å². The van der Waals surface area contributed by atoms with Crippen LogP contribution in [-0.2, 0) is 14.8 Å². The Morgan fingerprint density at radius 3 is 2.65 bits per heavy atom. The lowest BCUT2D eigenvalue weighted by atomic mass is 10.3. The van der Waals surface area contributed by atoms with Gasteiger partial charge in [-0.2, -0.15) is 4.31 Å². The van der Waals surface area contributed by atoms with E-state index in [0.717, 1.165) is 10.8 Å². The first-order chi connectivity index (χ1) is 15.0. The Balaban J connectivity index is 1.31. The highest BCUT2D eigenvalue weighted by Crippen LogP contribution is 2.23. The van der Waals surface area contributed by atoms with Crippen LogP contribution in [-0.4, -0.2) is 66.2 Å². The molecule has 1 aromatic heterocycles. The van der Waals surface area contributed by atoms with E-state index in [9.17, 15) is 8.42 Å². The molecule has 0 amide bonds. The third-order valence-electron chi connectivity index (χ3n) is 4.62. The van der Waals surface area contributed by atoms with E-state index in [1.165, 1.54) is 16.1 Å². The Bertz CT molecular complexity index is 1120. The number of rotatable bonds is 8. The van der Waals surface area contributed by atoms with Crippen LogP contribution in [0.2, 0.25) is 5.02 Å². The summed E-state index contributed by atoms with van der Waals surface area (Å²) in [5.41, 5.74) is 0.887. The Labute approximate surface area is 190 Å². The summed E-state index contributed by atoms with van der Waals surface area (Å²) in [6.07, 6.45) is 1.64. The van der Waals surface area contributed by atoms with Crippen LogP contribution >= 0.6 is 23.4 Å².